The second-order valence-electron chi connectivity index (χ2n) is 3.73. The molecule has 0 aromatic heterocycles. The molecule has 1 nitrogen and oxygen atoms in total. The molecule has 0 heterocycles. The van der Waals surface area contributed by atoms with E-state index in [2.05, 4.69) is 25.9 Å². The molecule has 1 N–H and O–H groups in total. The van der Waals surface area contributed by atoms with E-state index in [1.807, 2.05) is 24.3 Å². The summed E-state index contributed by atoms with van der Waals surface area (Å²) in [6, 6.07) is 14.2. The Bertz CT molecular complexity index is 458. The van der Waals surface area contributed by atoms with E-state index in [4.69, 9.17) is 11.6 Å². The maximum absolute atomic E-state index is 12.9. The third-order valence-electron chi connectivity index (χ3n) is 2.57. The first-order valence-electron chi connectivity index (χ1n) is 5.25. The van der Waals surface area contributed by atoms with Gasteiger partial charge in [0, 0.05) is 26.2 Å². The second kappa shape index (κ2) is 6.75. The van der Waals surface area contributed by atoms with Crippen molar-refractivity contribution in [2.24, 2.45) is 0 Å². The molecule has 0 fully saturated rings. The van der Waals surface area contributed by atoms with Crippen molar-refractivity contribution in [3.8, 4) is 0 Å². The van der Waals surface area contributed by atoms with Gasteiger partial charge in [0.15, 0.2) is 0 Å². The van der Waals surface area contributed by atoms with E-state index in [1.165, 1.54) is 21.3 Å². The van der Waals surface area contributed by atoms with E-state index >= 15 is 0 Å². The van der Waals surface area contributed by atoms with Crippen LogP contribution in [0.1, 0.15) is 17.2 Å². The summed E-state index contributed by atoms with van der Waals surface area (Å²) in [5.74, 6) is -0.226. The van der Waals surface area contributed by atoms with Gasteiger partial charge in [-0.25, -0.2) is 9.11 Å². The van der Waals surface area contributed by atoms with Crippen LogP contribution >= 0.6 is 41.9 Å². The molecule has 5 heteroatoms. The molecule has 0 amide bonds. The van der Waals surface area contributed by atoms with E-state index < -0.39 is 0 Å². The lowest BCUT2D eigenvalue weighted by Gasteiger charge is -2.17. The fourth-order valence-corrected chi connectivity index (χ4v) is 2.93. The Morgan fingerprint density at radius 3 is 2.00 bits per heavy atom. The molecule has 0 saturated carbocycles. The molecule has 18 heavy (non-hydrogen) atoms. The van der Waals surface area contributed by atoms with Crippen LogP contribution < -0.4 is 4.72 Å². The van der Waals surface area contributed by atoms with Crippen LogP contribution in [0, 0.1) is 5.82 Å². The fourth-order valence-electron chi connectivity index (χ4n) is 1.68. The summed E-state index contributed by atoms with van der Waals surface area (Å²) in [6.45, 7) is 0. The molecule has 0 spiro atoms. The number of benzene rings is 2. The first kappa shape index (κ1) is 14.1. The van der Waals surface area contributed by atoms with Crippen molar-refractivity contribution in [2.75, 3.05) is 0 Å². The van der Waals surface area contributed by atoms with Crippen molar-refractivity contribution in [3.63, 3.8) is 0 Å². The molecule has 1 unspecified atom stereocenters. The maximum Gasteiger partial charge on any atom is 0.123 e. The summed E-state index contributed by atoms with van der Waals surface area (Å²) >= 11 is 8.06. The highest BCUT2D eigenvalue weighted by Gasteiger charge is 2.13. The predicted octanol–water partition coefficient (Wildman–Crippen LogP) is 5.16. The van der Waals surface area contributed by atoms with Gasteiger partial charge in [-0.15, -0.1) is 0 Å². The average Bonchev–Trinajstić information content (AvgIpc) is 2.39. The number of halogens is 3. The molecule has 0 aliphatic heterocycles. The molecule has 0 saturated heterocycles. The lowest BCUT2D eigenvalue weighted by molar-refractivity contribution is 0.626. The standard InChI is InChI=1S/C13H10ClFINS/c14-11-5-1-9(2-6-11)13(17-18-16)10-3-7-12(15)8-4-10/h1-8,13,17H. The molecule has 0 aliphatic carbocycles. The SMILES string of the molecule is Fc1ccc(C(NSI)c2ccc(Cl)cc2)cc1. The van der Waals surface area contributed by atoms with Gasteiger partial charge in [-0.2, -0.15) is 0 Å². The number of hydrogen-bond donors (Lipinski definition) is 1. The molecule has 94 valence electrons. The predicted molar refractivity (Wildman–Crippen MR) is 84.4 cm³/mol. The Hall–Kier alpha value is -0.300. The van der Waals surface area contributed by atoms with Gasteiger partial charge >= 0.3 is 0 Å². The van der Waals surface area contributed by atoms with Gasteiger partial charge in [-0.3, -0.25) is 0 Å². The Morgan fingerprint density at radius 1 is 1.00 bits per heavy atom. The Balaban J connectivity index is 2.33. The third-order valence-corrected chi connectivity index (χ3v) is 3.91. The van der Waals surface area contributed by atoms with Gasteiger partial charge in [0.05, 0.1) is 6.04 Å². The number of rotatable bonds is 4. The van der Waals surface area contributed by atoms with Crippen LogP contribution in [0.5, 0.6) is 0 Å². The van der Waals surface area contributed by atoms with Gasteiger partial charge in [-0.05, 0) is 44.5 Å². The number of nitrogens with one attached hydrogen (secondary N) is 1. The Labute approximate surface area is 127 Å². The summed E-state index contributed by atoms with van der Waals surface area (Å²) in [7, 11) is 1.50. The van der Waals surface area contributed by atoms with Crippen molar-refractivity contribution in [2.45, 2.75) is 6.04 Å². The molecular formula is C13H10ClFINS. The first-order chi connectivity index (χ1) is 8.70. The largest absolute Gasteiger partial charge is 0.243 e. The first-order valence-corrected chi connectivity index (χ1v) is 8.98. The zero-order valence-electron chi connectivity index (χ0n) is 9.24. The maximum atomic E-state index is 12.9. The van der Waals surface area contributed by atoms with Gasteiger partial charge in [0.25, 0.3) is 0 Å². The smallest absolute Gasteiger partial charge is 0.123 e. The van der Waals surface area contributed by atoms with E-state index in [0.29, 0.717) is 5.02 Å². The number of hydrogen-bond acceptors (Lipinski definition) is 2. The van der Waals surface area contributed by atoms with Crippen molar-refractivity contribution in [3.05, 3.63) is 70.5 Å². The third kappa shape index (κ3) is 3.60. The highest BCUT2D eigenvalue weighted by Crippen LogP contribution is 2.27. The summed E-state index contributed by atoms with van der Waals surface area (Å²) in [5.41, 5.74) is 2.11. The molecule has 2 aromatic carbocycles. The second-order valence-corrected chi connectivity index (χ2v) is 5.88. The van der Waals surface area contributed by atoms with Gasteiger partial charge in [0.2, 0.25) is 0 Å². The van der Waals surface area contributed by atoms with Gasteiger partial charge in [0.1, 0.15) is 5.82 Å². The zero-order valence-corrected chi connectivity index (χ0v) is 13.0. The topological polar surface area (TPSA) is 12.0 Å². The van der Waals surface area contributed by atoms with Crippen LogP contribution in [0.3, 0.4) is 0 Å². The van der Waals surface area contributed by atoms with Crippen LogP contribution in [0.2, 0.25) is 5.02 Å². The van der Waals surface area contributed by atoms with E-state index in [9.17, 15) is 4.39 Å². The highest BCUT2D eigenvalue weighted by molar-refractivity contribution is 14.2. The molecular weight excluding hydrogens is 384 g/mol. The average molecular weight is 394 g/mol. The van der Waals surface area contributed by atoms with E-state index in [-0.39, 0.29) is 11.9 Å². The zero-order chi connectivity index (χ0) is 13.0. The molecule has 0 aliphatic rings. The van der Waals surface area contributed by atoms with Gasteiger partial charge < -0.3 is 0 Å². The fraction of sp³-hybridized carbons (Fsp3) is 0.0769. The van der Waals surface area contributed by atoms with Crippen LogP contribution in [-0.4, -0.2) is 0 Å². The minimum Gasteiger partial charge on any atom is -0.243 e. The minimum absolute atomic E-state index is 0.0183. The lowest BCUT2D eigenvalue weighted by Crippen LogP contribution is -2.14. The Morgan fingerprint density at radius 2 is 1.50 bits per heavy atom. The van der Waals surface area contributed by atoms with Crippen molar-refractivity contribution in [1.29, 1.82) is 0 Å². The van der Waals surface area contributed by atoms with Crippen molar-refractivity contribution >= 4 is 41.9 Å². The van der Waals surface area contributed by atoms with E-state index in [0.717, 1.165) is 11.1 Å². The molecule has 1 atom stereocenters. The molecule has 0 bridgehead atoms. The quantitative estimate of drug-likeness (QED) is 0.569. The minimum atomic E-state index is -0.226. The Kier molecular flexibility index (Phi) is 5.29. The van der Waals surface area contributed by atoms with Gasteiger partial charge in [-0.1, -0.05) is 35.9 Å². The summed E-state index contributed by atoms with van der Waals surface area (Å²) in [5, 5.41) is 0.707. The normalized spacial score (nSPS) is 12.4. The summed E-state index contributed by atoms with van der Waals surface area (Å²) in [4.78, 5) is 0. The molecule has 2 rings (SSSR count). The van der Waals surface area contributed by atoms with Crippen molar-refractivity contribution < 1.29 is 4.39 Å². The highest BCUT2D eigenvalue weighted by atomic mass is 127. The molecule has 2 aromatic rings. The van der Waals surface area contributed by atoms with Crippen LogP contribution in [0.4, 0.5) is 4.39 Å². The summed E-state index contributed by atoms with van der Waals surface area (Å²) < 4.78 is 16.2. The van der Waals surface area contributed by atoms with Crippen molar-refractivity contribution in [1.82, 2.24) is 4.72 Å². The van der Waals surface area contributed by atoms with Crippen LogP contribution in [0.25, 0.3) is 0 Å². The molecule has 0 radical (unpaired) electrons. The monoisotopic (exact) mass is 393 g/mol. The van der Waals surface area contributed by atoms with E-state index in [1.54, 1.807) is 12.1 Å². The summed E-state index contributed by atoms with van der Waals surface area (Å²) in [6.07, 6.45) is 0. The van der Waals surface area contributed by atoms with Crippen LogP contribution in [0.15, 0.2) is 48.5 Å². The lowest BCUT2D eigenvalue weighted by atomic mass is 10.00. The van der Waals surface area contributed by atoms with Crippen LogP contribution in [-0.2, 0) is 0 Å².